The summed E-state index contributed by atoms with van der Waals surface area (Å²) in [7, 11) is 0. The molecule has 0 spiro atoms. The fourth-order valence-corrected chi connectivity index (χ4v) is 2.28. The second-order valence-corrected chi connectivity index (χ2v) is 4.08. The molecule has 2 rings (SSSR count). The van der Waals surface area contributed by atoms with E-state index in [1.54, 1.807) is 0 Å². The number of halogens is 1. The molecule has 2 aliphatic heterocycles. The number of rotatable bonds is 2. The van der Waals surface area contributed by atoms with Gasteiger partial charge in [0.25, 0.3) is 0 Å². The van der Waals surface area contributed by atoms with Gasteiger partial charge in [0.1, 0.15) is 0 Å². The second-order valence-electron chi connectivity index (χ2n) is 4.08. The summed E-state index contributed by atoms with van der Waals surface area (Å²) in [5, 5.41) is 3.41. The van der Waals surface area contributed by atoms with Crippen LogP contribution >= 0.6 is 12.4 Å². The lowest BCUT2D eigenvalue weighted by molar-refractivity contribution is 0.00297. The Hall–Kier alpha value is 0.210. The van der Waals surface area contributed by atoms with Crippen molar-refractivity contribution in [3.63, 3.8) is 0 Å². The zero-order chi connectivity index (χ0) is 8.23. The molecule has 1 N–H and O–H groups in total. The minimum atomic E-state index is 0. The molecule has 2 atom stereocenters. The molecule has 2 saturated heterocycles. The van der Waals surface area contributed by atoms with Crippen molar-refractivity contribution < 1.29 is 4.74 Å². The Morgan fingerprint density at radius 1 is 1.23 bits per heavy atom. The Morgan fingerprint density at radius 2 is 2.15 bits per heavy atom. The normalized spacial score (nSPS) is 34.2. The molecule has 0 aromatic rings. The molecule has 2 aliphatic rings. The predicted octanol–water partition coefficient (Wildman–Crippen LogP) is 1.98. The van der Waals surface area contributed by atoms with E-state index in [-0.39, 0.29) is 12.4 Å². The van der Waals surface area contributed by atoms with Gasteiger partial charge in [-0.1, -0.05) is 0 Å². The van der Waals surface area contributed by atoms with Crippen LogP contribution in [-0.4, -0.2) is 25.8 Å². The lowest BCUT2D eigenvalue weighted by atomic mass is 9.96. The number of ether oxygens (including phenoxy) is 1. The van der Waals surface area contributed by atoms with Crippen LogP contribution in [0.2, 0.25) is 0 Å². The highest BCUT2D eigenvalue weighted by Gasteiger charge is 2.21. The van der Waals surface area contributed by atoms with Gasteiger partial charge in [0, 0.05) is 6.61 Å². The summed E-state index contributed by atoms with van der Waals surface area (Å²) in [6.45, 7) is 3.45. The highest BCUT2D eigenvalue weighted by atomic mass is 35.5. The molecule has 0 aliphatic carbocycles. The summed E-state index contributed by atoms with van der Waals surface area (Å²) in [5.41, 5.74) is 0. The van der Waals surface area contributed by atoms with E-state index in [1.165, 1.54) is 45.2 Å². The van der Waals surface area contributed by atoms with Crippen LogP contribution in [0.3, 0.4) is 0 Å². The van der Waals surface area contributed by atoms with Crippen LogP contribution in [0.25, 0.3) is 0 Å². The lowest BCUT2D eigenvalue weighted by Gasteiger charge is -2.24. The SMILES string of the molecule is C1CCC(CC2CCNC2)OC1.Cl. The third-order valence-corrected chi connectivity index (χ3v) is 3.03. The average molecular weight is 206 g/mol. The first-order valence-corrected chi connectivity index (χ1v) is 5.27. The molecule has 2 heterocycles. The molecule has 0 bridgehead atoms. The Morgan fingerprint density at radius 3 is 2.77 bits per heavy atom. The van der Waals surface area contributed by atoms with Gasteiger partial charge < -0.3 is 10.1 Å². The van der Waals surface area contributed by atoms with Crippen molar-refractivity contribution in [2.24, 2.45) is 5.92 Å². The molecule has 78 valence electrons. The highest BCUT2D eigenvalue weighted by Crippen LogP contribution is 2.22. The summed E-state index contributed by atoms with van der Waals surface area (Å²) < 4.78 is 5.71. The molecule has 3 heteroatoms. The molecular formula is C10H20ClNO. The van der Waals surface area contributed by atoms with Crippen molar-refractivity contribution in [1.29, 1.82) is 0 Å². The van der Waals surface area contributed by atoms with Gasteiger partial charge in [0.15, 0.2) is 0 Å². The summed E-state index contributed by atoms with van der Waals surface area (Å²) in [6.07, 6.45) is 7.21. The molecule has 0 saturated carbocycles. The van der Waals surface area contributed by atoms with E-state index in [1.807, 2.05) is 0 Å². The van der Waals surface area contributed by atoms with Gasteiger partial charge in [-0.05, 0) is 51.1 Å². The zero-order valence-corrected chi connectivity index (χ0v) is 8.94. The van der Waals surface area contributed by atoms with Crippen molar-refractivity contribution in [2.75, 3.05) is 19.7 Å². The molecule has 2 unspecified atom stereocenters. The van der Waals surface area contributed by atoms with Gasteiger partial charge in [0.05, 0.1) is 6.10 Å². The Balaban J connectivity index is 0.000000845. The first-order chi connectivity index (χ1) is 5.95. The minimum Gasteiger partial charge on any atom is -0.378 e. The maximum Gasteiger partial charge on any atom is 0.0578 e. The predicted molar refractivity (Wildman–Crippen MR) is 56.4 cm³/mol. The van der Waals surface area contributed by atoms with Crippen molar-refractivity contribution in [3.8, 4) is 0 Å². The molecule has 0 aromatic heterocycles. The maximum absolute atomic E-state index is 5.71. The first-order valence-electron chi connectivity index (χ1n) is 5.27. The summed E-state index contributed by atoms with van der Waals surface area (Å²) >= 11 is 0. The van der Waals surface area contributed by atoms with Crippen LogP contribution in [0.1, 0.15) is 32.1 Å². The Bertz CT molecular complexity index is 131. The third kappa shape index (κ3) is 3.45. The molecule has 0 amide bonds. The quantitative estimate of drug-likeness (QED) is 0.745. The second kappa shape index (κ2) is 5.84. The molecule has 13 heavy (non-hydrogen) atoms. The third-order valence-electron chi connectivity index (χ3n) is 3.03. The molecule has 0 radical (unpaired) electrons. The van der Waals surface area contributed by atoms with Crippen LogP contribution < -0.4 is 5.32 Å². The van der Waals surface area contributed by atoms with Crippen molar-refractivity contribution in [2.45, 2.75) is 38.2 Å². The molecular weight excluding hydrogens is 186 g/mol. The van der Waals surface area contributed by atoms with E-state index in [2.05, 4.69) is 5.32 Å². The van der Waals surface area contributed by atoms with Crippen molar-refractivity contribution in [3.05, 3.63) is 0 Å². The number of hydrogen-bond acceptors (Lipinski definition) is 2. The fourth-order valence-electron chi connectivity index (χ4n) is 2.28. The van der Waals surface area contributed by atoms with Crippen LogP contribution in [0.5, 0.6) is 0 Å². The summed E-state index contributed by atoms with van der Waals surface area (Å²) in [6, 6.07) is 0. The van der Waals surface area contributed by atoms with E-state index >= 15 is 0 Å². The van der Waals surface area contributed by atoms with Gasteiger partial charge in [-0.25, -0.2) is 0 Å². The standard InChI is InChI=1S/C10H19NO.ClH/c1-2-6-12-10(3-1)7-9-4-5-11-8-9;/h9-11H,1-8H2;1H. The van der Waals surface area contributed by atoms with Crippen LogP contribution in [0.15, 0.2) is 0 Å². The average Bonchev–Trinajstić information content (AvgIpc) is 2.59. The van der Waals surface area contributed by atoms with Crippen LogP contribution in [0, 0.1) is 5.92 Å². The molecule has 0 aromatic carbocycles. The van der Waals surface area contributed by atoms with Crippen molar-refractivity contribution >= 4 is 12.4 Å². The van der Waals surface area contributed by atoms with Gasteiger partial charge in [-0.15, -0.1) is 12.4 Å². The van der Waals surface area contributed by atoms with E-state index in [0.29, 0.717) is 6.10 Å². The smallest absolute Gasteiger partial charge is 0.0578 e. The zero-order valence-electron chi connectivity index (χ0n) is 8.13. The minimum absolute atomic E-state index is 0. The first kappa shape index (κ1) is 11.3. The van der Waals surface area contributed by atoms with Gasteiger partial charge >= 0.3 is 0 Å². The number of hydrogen-bond donors (Lipinski definition) is 1. The fraction of sp³-hybridized carbons (Fsp3) is 1.00. The monoisotopic (exact) mass is 205 g/mol. The number of nitrogens with one attached hydrogen (secondary N) is 1. The Kier molecular flexibility index (Phi) is 5.07. The van der Waals surface area contributed by atoms with Gasteiger partial charge in [-0.3, -0.25) is 0 Å². The van der Waals surface area contributed by atoms with E-state index < -0.39 is 0 Å². The maximum atomic E-state index is 5.71. The topological polar surface area (TPSA) is 21.3 Å². The lowest BCUT2D eigenvalue weighted by Crippen LogP contribution is -2.23. The van der Waals surface area contributed by atoms with Crippen LogP contribution in [0.4, 0.5) is 0 Å². The van der Waals surface area contributed by atoms with Gasteiger partial charge in [0.2, 0.25) is 0 Å². The molecule has 2 nitrogen and oxygen atoms in total. The van der Waals surface area contributed by atoms with Crippen molar-refractivity contribution in [1.82, 2.24) is 5.32 Å². The van der Waals surface area contributed by atoms with Crippen LogP contribution in [-0.2, 0) is 4.74 Å². The highest BCUT2D eigenvalue weighted by molar-refractivity contribution is 5.85. The van der Waals surface area contributed by atoms with E-state index in [4.69, 9.17) is 4.74 Å². The van der Waals surface area contributed by atoms with Gasteiger partial charge in [-0.2, -0.15) is 0 Å². The molecule has 2 fully saturated rings. The largest absolute Gasteiger partial charge is 0.378 e. The summed E-state index contributed by atoms with van der Waals surface area (Å²) in [5.74, 6) is 0.896. The Labute approximate surface area is 86.8 Å². The summed E-state index contributed by atoms with van der Waals surface area (Å²) in [4.78, 5) is 0. The van der Waals surface area contributed by atoms with E-state index in [9.17, 15) is 0 Å². The van der Waals surface area contributed by atoms with E-state index in [0.717, 1.165) is 12.5 Å².